The second-order valence-electron chi connectivity index (χ2n) is 8.45. The number of carbonyl (C=O) groups excluding carboxylic acids is 3. The van der Waals surface area contributed by atoms with Gasteiger partial charge in [0.2, 0.25) is 0 Å². The van der Waals surface area contributed by atoms with Crippen LogP contribution in [0.15, 0.2) is 60.7 Å². The Morgan fingerprint density at radius 1 is 1.16 bits per heavy atom. The summed E-state index contributed by atoms with van der Waals surface area (Å²) in [5.41, 5.74) is -0.876. The van der Waals surface area contributed by atoms with E-state index in [0.717, 1.165) is 5.56 Å². The number of alkyl carbamates (subject to hydrolysis) is 1. The lowest BCUT2D eigenvalue weighted by atomic mass is 9.82. The molecule has 1 atom stereocenters. The second kappa shape index (κ2) is 8.19. The molecule has 3 rings (SSSR count). The molecule has 2 aromatic rings. The van der Waals surface area contributed by atoms with Crippen molar-refractivity contribution in [3.05, 3.63) is 76.8 Å². The van der Waals surface area contributed by atoms with Crippen LogP contribution in [0.2, 0.25) is 5.02 Å². The van der Waals surface area contributed by atoms with Crippen molar-refractivity contribution < 1.29 is 19.1 Å². The minimum Gasteiger partial charge on any atom is -0.444 e. The molecular formula is C24H25ClN2O4. The first-order valence-electron chi connectivity index (χ1n) is 9.83. The van der Waals surface area contributed by atoms with E-state index in [0.29, 0.717) is 16.3 Å². The van der Waals surface area contributed by atoms with E-state index in [-0.39, 0.29) is 12.1 Å². The zero-order chi connectivity index (χ0) is 23.0. The van der Waals surface area contributed by atoms with E-state index in [1.807, 2.05) is 30.3 Å². The van der Waals surface area contributed by atoms with Crippen molar-refractivity contribution in [3.63, 3.8) is 0 Å². The van der Waals surface area contributed by atoms with Crippen LogP contribution in [0.3, 0.4) is 0 Å². The van der Waals surface area contributed by atoms with Crippen molar-refractivity contribution in [3.8, 4) is 0 Å². The molecule has 31 heavy (non-hydrogen) atoms. The number of rotatable bonds is 5. The topological polar surface area (TPSA) is 75.7 Å². The number of anilines is 1. The van der Waals surface area contributed by atoms with Crippen LogP contribution in [0.1, 0.15) is 38.8 Å². The van der Waals surface area contributed by atoms with E-state index in [2.05, 4.69) is 11.9 Å². The number of hydrogen-bond acceptors (Lipinski definition) is 4. The van der Waals surface area contributed by atoms with Gasteiger partial charge in [-0.15, -0.1) is 0 Å². The number of nitrogens with zero attached hydrogens (tertiary/aromatic N) is 1. The summed E-state index contributed by atoms with van der Waals surface area (Å²) in [6.07, 6.45) is -0.837. The van der Waals surface area contributed by atoms with E-state index >= 15 is 0 Å². The van der Waals surface area contributed by atoms with Gasteiger partial charge >= 0.3 is 6.09 Å². The Hall–Kier alpha value is -3.12. The number of ether oxygens (including phenoxy) is 1. The number of amides is 2. The normalized spacial score (nSPS) is 17.8. The smallest absolute Gasteiger partial charge is 0.409 e. The maximum Gasteiger partial charge on any atom is 0.409 e. The summed E-state index contributed by atoms with van der Waals surface area (Å²) < 4.78 is 5.40. The second-order valence-corrected chi connectivity index (χ2v) is 8.89. The molecule has 2 amide bonds. The van der Waals surface area contributed by atoms with Gasteiger partial charge in [-0.2, -0.15) is 0 Å². The fourth-order valence-electron chi connectivity index (χ4n) is 3.60. The third-order valence-electron chi connectivity index (χ3n) is 4.97. The maximum absolute atomic E-state index is 13.8. The van der Waals surface area contributed by atoms with E-state index in [4.69, 9.17) is 16.3 Å². The molecule has 2 aromatic carbocycles. The van der Waals surface area contributed by atoms with Gasteiger partial charge in [-0.05, 0) is 51.5 Å². The van der Waals surface area contributed by atoms with Crippen LogP contribution in [-0.4, -0.2) is 23.4 Å². The average Bonchev–Trinajstić information content (AvgIpc) is 2.89. The summed E-state index contributed by atoms with van der Waals surface area (Å²) in [5.74, 6) is -0.934. The molecule has 1 N–H and O–H groups in total. The van der Waals surface area contributed by atoms with E-state index in [1.165, 1.54) is 11.8 Å². The quantitative estimate of drug-likeness (QED) is 0.680. The SMILES string of the molecule is C=C(C(C)=O)[C@@]1(NC(=O)OC(C)(C)C)C(=O)N(Cc2ccccc2)c2ccc(Cl)cc21. The molecule has 0 aromatic heterocycles. The van der Waals surface area contributed by atoms with Gasteiger partial charge in [0.25, 0.3) is 5.91 Å². The zero-order valence-electron chi connectivity index (χ0n) is 18.0. The van der Waals surface area contributed by atoms with Crippen molar-refractivity contribution in [2.45, 2.75) is 45.4 Å². The first kappa shape index (κ1) is 22.6. The highest BCUT2D eigenvalue weighted by atomic mass is 35.5. The molecule has 0 spiro atoms. The highest BCUT2D eigenvalue weighted by molar-refractivity contribution is 6.31. The summed E-state index contributed by atoms with van der Waals surface area (Å²) >= 11 is 6.25. The number of carbonyl (C=O) groups is 3. The molecule has 0 saturated heterocycles. The molecular weight excluding hydrogens is 416 g/mol. The third kappa shape index (κ3) is 4.35. The first-order valence-corrected chi connectivity index (χ1v) is 10.2. The molecule has 0 saturated carbocycles. The monoisotopic (exact) mass is 440 g/mol. The predicted molar refractivity (Wildman–Crippen MR) is 120 cm³/mol. The number of nitrogens with one attached hydrogen (secondary N) is 1. The van der Waals surface area contributed by atoms with E-state index in [9.17, 15) is 14.4 Å². The van der Waals surface area contributed by atoms with Crippen molar-refractivity contribution in [1.29, 1.82) is 0 Å². The van der Waals surface area contributed by atoms with E-state index < -0.39 is 28.9 Å². The Balaban J connectivity index is 2.16. The van der Waals surface area contributed by atoms with Crippen molar-refractivity contribution in [2.75, 3.05) is 4.90 Å². The van der Waals surface area contributed by atoms with Crippen LogP contribution >= 0.6 is 11.6 Å². The van der Waals surface area contributed by atoms with Gasteiger partial charge in [-0.1, -0.05) is 48.5 Å². The van der Waals surface area contributed by atoms with Crippen LogP contribution < -0.4 is 10.2 Å². The summed E-state index contributed by atoms with van der Waals surface area (Å²) in [5, 5.41) is 3.01. The van der Waals surface area contributed by atoms with Crippen LogP contribution in [0.25, 0.3) is 0 Å². The molecule has 1 heterocycles. The Morgan fingerprint density at radius 2 is 1.81 bits per heavy atom. The molecule has 7 heteroatoms. The lowest BCUT2D eigenvalue weighted by molar-refractivity contribution is -0.125. The van der Waals surface area contributed by atoms with Crippen LogP contribution in [0, 0.1) is 0 Å². The Kier molecular flexibility index (Phi) is 5.96. The van der Waals surface area contributed by atoms with Crippen LogP contribution in [-0.2, 0) is 26.4 Å². The highest BCUT2D eigenvalue weighted by Gasteiger charge is 2.55. The predicted octanol–water partition coefficient (Wildman–Crippen LogP) is 4.75. The minimum absolute atomic E-state index is 0.0672. The van der Waals surface area contributed by atoms with Gasteiger partial charge in [0.15, 0.2) is 11.3 Å². The van der Waals surface area contributed by atoms with Gasteiger partial charge in [0, 0.05) is 16.2 Å². The molecule has 0 bridgehead atoms. The molecule has 6 nitrogen and oxygen atoms in total. The van der Waals surface area contributed by atoms with Crippen LogP contribution in [0.5, 0.6) is 0 Å². The van der Waals surface area contributed by atoms with Crippen molar-refractivity contribution >= 4 is 35.1 Å². The van der Waals surface area contributed by atoms with Gasteiger partial charge in [0.1, 0.15) is 5.60 Å². The van der Waals surface area contributed by atoms with E-state index in [1.54, 1.807) is 39.0 Å². The van der Waals surface area contributed by atoms with Crippen molar-refractivity contribution in [1.82, 2.24) is 5.32 Å². The Labute approximate surface area is 186 Å². The third-order valence-corrected chi connectivity index (χ3v) is 5.20. The van der Waals surface area contributed by atoms with Crippen LogP contribution in [0.4, 0.5) is 10.5 Å². The molecule has 1 aliphatic rings. The fourth-order valence-corrected chi connectivity index (χ4v) is 3.77. The zero-order valence-corrected chi connectivity index (χ0v) is 18.7. The van der Waals surface area contributed by atoms with Gasteiger partial charge in [0.05, 0.1) is 12.2 Å². The van der Waals surface area contributed by atoms with Crippen molar-refractivity contribution in [2.24, 2.45) is 0 Å². The molecule has 1 aliphatic heterocycles. The van der Waals surface area contributed by atoms with Gasteiger partial charge < -0.3 is 9.64 Å². The molecule has 0 unspecified atom stereocenters. The number of benzene rings is 2. The molecule has 162 valence electrons. The number of hydrogen-bond donors (Lipinski definition) is 1. The highest BCUT2D eigenvalue weighted by Crippen LogP contribution is 2.46. The summed E-state index contributed by atoms with van der Waals surface area (Å²) in [6, 6.07) is 14.4. The first-order chi connectivity index (χ1) is 14.5. The summed E-state index contributed by atoms with van der Waals surface area (Å²) in [4.78, 5) is 40.5. The number of ketones is 1. The lowest BCUT2D eigenvalue weighted by Gasteiger charge is -2.32. The molecule has 0 aliphatic carbocycles. The van der Waals surface area contributed by atoms with Gasteiger partial charge in [-0.3, -0.25) is 14.9 Å². The molecule has 0 radical (unpaired) electrons. The maximum atomic E-state index is 13.8. The lowest BCUT2D eigenvalue weighted by Crippen LogP contribution is -2.56. The number of halogens is 1. The Morgan fingerprint density at radius 3 is 2.39 bits per heavy atom. The number of fused-ring (bicyclic) bond motifs is 1. The average molecular weight is 441 g/mol. The minimum atomic E-state index is -1.82. The summed E-state index contributed by atoms with van der Waals surface area (Å²) in [7, 11) is 0. The summed E-state index contributed by atoms with van der Waals surface area (Å²) in [6.45, 7) is 10.6. The Bertz CT molecular complexity index is 1060. The van der Waals surface area contributed by atoms with Gasteiger partial charge in [-0.25, -0.2) is 4.79 Å². The fraction of sp³-hybridized carbons (Fsp3) is 0.292. The number of Topliss-reactive ketones (excluding diaryl/α,β-unsaturated/α-hetero) is 1. The molecule has 0 fully saturated rings. The largest absolute Gasteiger partial charge is 0.444 e. The standard InChI is InChI=1S/C24H25ClN2O4/c1-15(16(2)28)24(26-22(30)31-23(3,4)5)19-13-18(25)11-12-20(19)27(21(24)29)14-17-9-7-6-8-10-17/h6-13H,1,14H2,2-5H3,(H,26,30)/t24-/m0/s1.